The second-order valence-electron chi connectivity index (χ2n) is 5.57. The Hall–Kier alpha value is -1.15. The maximum atomic E-state index is 12.5. The van der Waals surface area contributed by atoms with E-state index in [9.17, 15) is 8.42 Å². The second kappa shape index (κ2) is 6.54. The van der Waals surface area contributed by atoms with E-state index in [0.29, 0.717) is 41.4 Å². The number of aryl methyl sites for hydroxylation is 2. The normalized spacial score (nSPS) is 17.6. The van der Waals surface area contributed by atoms with Crippen LogP contribution in [0.1, 0.15) is 24.5 Å². The highest BCUT2D eigenvalue weighted by Crippen LogP contribution is 2.26. The quantitative estimate of drug-likeness (QED) is 0.860. The Labute approximate surface area is 131 Å². The molecule has 1 aliphatic rings. The summed E-state index contributed by atoms with van der Waals surface area (Å²) in [6, 6.07) is 3.43. The molecule has 0 amide bonds. The molecule has 124 valence electrons. The number of hydrogen-bond donors (Lipinski definition) is 1. The van der Waals surface area contributed by atoms with E-state index in [1.807, 2.05) is 6.92 Å². The van der Waals surface area contributed by atoms with Crippen molar-refractivity contribution in [3.05, 3.63) is 23.3 Å². The van der Waals surface area contributed by atoms with Crippen molar-refractivity contribution in [2.45, 2.75) is 37.9 Å². The van der Waals surface area contributed by atoms with Crippen LogP contribution < -0.4 is 9.46 Å². The standard InChI is InChI=1S/C15H23NO5S/c1-11-9-13(19-4)10-12(2)14(11)22(17,18)16-6-5-15(3)20-7-8-21-15/h9-10,16H,5-8H2,1-4H3. The van der Waals surface area contributed by atoms with Crippen LogP contribution in [-0.2, 0) is 19.5 Å². The van der Waals surface area contributed by atoms with Gasteiger partial charge < -0.3 is 14.2 Å². The Morgan fingerprint density at radius 1 is 1.23 bits per heavy atom. The van der Waals surface area contributed by atoms with Crippen molar-refractivity contribution < 1.29 is 22.6 Å². The molecule has 1 heterocycles. The fraction of sp³-hybridized carbons (Fsp3) is 0.600. The first kappa shape index (κ1) is 17.2. The van der Waals surface area contributed by atoms with Crippen LogP contribution in [0.2, 0.25) is 0 Å². The number of ether oxygens (including phenoxy) is 3. The molecule has 1 saturated heterocycles. The van der Waals surface area contributed by atoms with Crippen LogP contribution in [0, 0.1) is 13.8 Å². The molecule has 22 heavy (non-hydrogen) atoms. The first-order chi connectivity index (χ1) is 10.3. The summed E-state index contributed by atoms with van der Waals surface area (Å²) in [5.41, 5.74) is 1.31. The van der Waals surface area contributed by atoms with E-state index in [2.05, 4.69) is 4.72 Å². The minimum Gasteiger partial charge on any atom is -0.497 e. The van der Waals surface area contributed by atoms with Crippen molar-refractivity contribution in [3.63, 3.8) is 0 Å². The first-order valence-corrected chi connectivity index (χ1v) is 8.68. The third-order valence-corrected chi connectivity index (χ3v) is 5.47. The molecule has 2 rings (SSSR count). The lowest BCUT2D eigenvalue weighted by molar-refractivity contribution is -0.145. The topological polar surface area (TPSA) is 73.9 Å². The summed E-state index contributed by atoms with van der Waals surface area (Å²) >= 11 is 0. The number of nitrogens with one attached hydrogen (secondary N) is 1. The lowest BCUT2D eigenvalue weighted by Crippen LogP contribution is -2.34. The predicted molar refractivity (Wildman–Crippen MR) is 82.6 cm³/mol. The highest BCUT2D eigenvalue weighted by atomic mass is 32.2. The van der Waals surface area contributed by atoms with E-state index in [-0.39, 0.29) is 6.54 Å². The monoisotopic (exact) mass is 329 g/mol. The van der Waals surface area contributed by atoms with Gasteiger partial charge in [-0.05, 0) is 44.0 Å². The molecule has 0 radical (unpaired) electrons. The maximum Gasteiger partial charge on any atom is 0.241 e. The minimum absolute atomic E-state index is 0.254. The van der Waals surface area contributed by atoms with E-state index in [1.165, 1.54) is 0 Å². The fourth-order valence-electron chi connectivity index (χ4n) is 2.64. The van der Waals surface area contributed by atoms with Crippen LogP contribution in [-0.4, -0.2) is 41.1 Å². The Kier molecular flexibility index (Phi) is 5.11. The molecule has 0 bridgehead atoms. The van der Waals surface area contributed by atoms with E-state index in [0.717, 1.165) is 0 Å². The zero-order valence-electron chi connectivity index (χ0n) is 13.4. The Bertz CT molecular complexity index is 612. The summed E-state index contributed by atoms with van der Waals surface area (Å²) in [5, 5.41) is 0. The van der Waals surface area contributed by atoms with Gasteiger partial charge in [-0.3, -0.25) is 0 Å². The van der Waals surface area contributed by atoms with Crippen LogP contribution >= 0.6 is 0 Å². The molecule has 0 unspecified atom stereocenters. The van der Waals surface area contributed by atoms with Gasteiger partial charge in [0.25, 0.3) is 0 Å². The lowest BCUT2D eigenvalue weighted by atomic mass is 10.1. The van der Waals surface area contributed by atoms with Gasteiger partial charge in [0.1, 0.15) is 5.75 Å². The van der Waals surface area contributed by atoms with Crippen LogP contribution in [0.5, 0.6) is 5.75 Å². The van der Waals surface area contributed by atoms with Crippen molar-refractivity contribution >= 4 is 10.0 Å². The first-order valence-electron chi connectivity index (χ1n) is 7.20. The minimum atomic E-state index is -3.58. The highest BCUT2D eigenvalue weighted by Gasteiger charge is 2.31. The fourth-order valence-corrected chi connectivity index (χ4v) is 4.12. The summed E-state index contributed by atoms with van der Waals surface area (Å²) in [7, 11) is -2.02. The molecule has 1 aromatic carbocycles. The third kappa shape index (κ3) is 3.78. The van der Waals surface area contributed by atoms with Gasteiger partial charge in [0, 0.05) is 13.0 Å². The molecule has 1 aliphatic heterocycles. The molecule has 0 saturated carbocycles. The highest BCUT2D eigenvalue weighted by molar-refractivity contribution is 7.89. The molecule has 0 aromatic heterocycles. The SMILES string of the molecule is COc1cc(C)c(S(=O)(=O)NCCC2(C)OCCO2)c(C)c1. The van der Waals surface area contributed by atoms with Crippen LogP contribution in [0.25, 0.3) is 0 Å². The summed E-state index contributed by atoms with van der Waals surface area (Å²) in [4.78, 5) is 0.298. The van der Waals surface area contributed by atoms with Gasteiger partial charge in [-0.2, -0.15) is 0 Å². The average molecular weight is 329 g/mol. The van der Waals surface area contributed by atoms with E-state index < -0.39 is 15.8 Å². The number of benzene rings is 1. The van der Waals surface area contributed by atoms with E-state index in [1.54, 1.807) is 33.1 Å². The van der Waals surface area contributed by atoms with Gasteiger partial charge in [0.05, 0.1) is 25.2 Å². The van der Waals surface area contributed by atoms with Crippen LogP contribution in [0.15, 0.2) is 17.0 Å². The van der Waals surface area contributed by atoms with Gasteiger partial charge in [-0.1, -0.05) is 0 Å². The van der Waals surface area contributed by atoms with Crippen LogP contribution in [0.3, 0.4) is 0 Å². The van der Waals surface area contributed by atoms with Crippen molar-refractivity contribution in [3.8, 4) is 5.75 Å². The summed E-state index contributed by atoms with van der Waals surface area (Å²) in [6.07, 6.45) is 0.459. The molecule has 0 atom stereocenters. The molecule has 1 fully saturated rings. The molecular formula is C15H23NO5S. The van der Waals surface area contributed by atoms with Crippen molar-refractivity contribution in [1.29, 1.82) is 0 Å². The van der Waals surface area contributed by atoms with Gasteiger partial charge in [-0.15, -0.1) is 0 Å². The number of methoxy groups -OCH3 is 1. The summed E-state index contributed by atoms with van der Waals surface area (Å²) in [5.74, 6) is -0.0544. The number of hydrogen-bond acceptors (Lipinski definition) is 5. The molecule has 0 aliphatic carbocycles. The smallest absolute Gasteiger partial charge is 0.241 e. The molecule has 1 N–H and O–H groups in total. The second-order valence-corrected chi connectivity index (χ2v) is 7.27. The largest absolute Gasteiger partial charge is 0.497 e. The zero-order valence-corrected chi connectivity index (χ0v) is 14.2. The van der Waals surface area contributed by atoms with Crippen molar-refractivity contribution in [1.82, 2.24) is 4.72 Å². The van der Waals surface area contributed by atoms with Crippen LogP contribution in [0.4, 0.5) is 0 Å². The number of rotatable bonds is 6. The molecular weight excluding hydrogens is 306 g/mol. The van der Waals surface area contributed by atoms with Crippen molar-refractivity contribution in [2.75, 3.05) is 26.9 Å². The zero-order chi connectivity index (χ0) is 16.4. The Morgan fingerprint density at radius 3 is 2.27 bits per heavy atom. The summed E-state index contributed by atoms with van der Waals surface area (Å²) < 4.78 is 43.7. The maximum absolute atomic E-state index is 12.5. The van der Waals surface area contributed by atoms with E-state index >= 15 is 0 Å². The molecule has 1 aromatic rings. The van der Waals surface area contributed by atoms with Gasteiger partial charge >= 0.3 is 0 Å². The Morgan fingerprint density at radius 2 is 1.77 bits per heavy atom. The molecule has 7 heteroatoms. The van der Waals surface area contributed by atoms with Gasteiger partial charge in [-0.25, -0.2) is 13.1 Å². The number of sulfonamides is 1. The third-order valence-electron chi connectivity index (χ3n) is 3.71. The van der Waals surface area contributed by atoms with E-state index in [4.69, 9.17) is 14.2 Å². The average Bonchev–Trinajstić information content (AvgIpc) is 2.84. The predicted octanol–water partition coefficient (Wildman–Crippen LogP) is 1.74. The Balaban J connectivity index is 2.10. The molecule has 0 spiro atoms. The van der Waals surface area contributed by atoms with Crippen molar-refractivity contribution in [2.24, 2.45) is 0 Å². The molecule has 6 nitrogen and oxygen atoms in total. The lowest BCUT2D eigenvalue weighted by Gasteiger charge is -2.22. The summed E-state index contributed by atoms with van der Waals surface area (Å²) in [6.45, 7) is 6.67. The van der Waals surface area contributed by atoms with Gasteiger partial charge in [0.2, 0.25) is 10.0 Å². The van der Waals surface area contributed by atoms with Gasteiger partial charge in [0.15, 0.2) is 5.79 Å².